The Bertz CT molecular complexity index is 458. The van der Waals surface area contributed by atoms with Crippen LogP contribution in [0.4, 0.5) is 0 Å². The van der Waals surface area contributed by atoms with Crippen LogP contribution in [0, 0.1) is 0 Å². The maximum absolute atomic E-state index is 13.5. The number of rotatable bonds is 21. The normalized spacial score (nSPS) is 12.9. The van der Waals surface area contributed by atoms with Crippen molar-refractivity contribution in [3.8, 4) is 0 Å². The number of hydrogen-bond acceptors (Lipinski definition) is 2. The van der Waals surface area contributed by atoms with Crippen LogP contribution in [0.5, 0.6) is 0 Å². The average molecular weight is 664 g/mol. The van der Waals surface area contributed by atoms with E-state index in [2.05, 4.69) is 45.6 Å². The summed E-state index contributed by atoms with van der Waals surface area (Å²) >= 11 is -5.40. The zero-order chi connectivity index (χ0) is 24.3. The fraction of sp³-hybridized carbons (Fsp3) is 0.893. The van der Waals surface area contributed by atoms with Crippen molar-refractivity contribution in [2.24, 2.45) is 0 Å². The molecule has 0 amide bonds. The van der Waals surface area contributed by atoms with Crippen molar-refractivity contribution in [1.29, 1.82) is 0 Å². The molecule has 0 atom stereocenters. The Kier molecular flexibility index (Phi) is 20.6. The number of methoxy groups -OCH3 is 1. The van der Waals surface area contributed by atoms with Gasteiger partial charge in [0.25, 0.3) is 0 Å². The van der Waals surface area contributed by atoms with Crippen LogP contribution in [0.25, 0.3) is 0 Å². The first-order valence-electron chi connectivity index (χ1n) is 14.3. The standard InChI is InChI=1S/C4H4O2.6C4H9.2Sn/c1-3-4(5)6-2;6*1-3-4-2;;/h1H,2H3;6*1,3-4H2,2H3;;. The van der Waals surface area contributed by atoms with Gasteiger partial charge in [0, 0.05) is 0 Å². The first-order chi connectivity index (χ1) is 15.4. The van der Waals surface area contributed by atoms with Crippen molar-refractivity contribution in [3.63, 3.8) is 0 Å². The molecule has 0 aliphatic heterocycles. The number of ether oxygens (including phenoxy) is 1. The monoisotopic (exact) mass is 666 g/mol. The van der Waals surface area contributed by atoms with Gasteiger partial charge in [0.1, 0.15) is 0 Å². The summed E-state index contributed by atoms with van der Waals surface area (Å²) in [7, 11) is 1.65. The molecule has 0 N–H and O–H groups in total. The Balaban J connectivity index is 6.70. The number of carbonyl (C=O) groups excluding carboxylic acids is 1. The van der Waals surface area contributed by atoms with E-state index in [9.17, 15) is 4.79 Å². The van der Waals surface area contributed by atoms with Gasteiger partial charge >= 0.3 is 212 Å². The van der Waals surface area contributed by atoms with E-state index in [1.165, 1.54) is 107 Å². The zero-order valence-electron chi connectivity index (χ0n) is 23.1. The van der Waals surface area contributed by atoms with Crippen molar-refractivity contribution < 1.29 is 9.53 Å². The minimum atomic E-state index is -2.83. The molecule has 0 aliphatic rings. The third kappa shape index (κ3) is 12.0. The summed E-state index contributed by atoms with van der Waals surface area (Å²) in [5.74, 6) is 0.0923. The summed E-state index contributed by atoms with van der Waals surface area (Å²) in [4.78, 5) is 13.5. The third-order valence-corrected chi connectivity index (χ3v) is 39.5. The van der Waals surface area contributed by atoms with Gasteiger partial charge in [-0.1, -0.05) is 0 Å². The molecule has 0 saturated heterocycles. The van der Waals surface area contributed by atoms with E-state index >= 15 is 0 Å². The molecular weight excluding hydrogens is 606 g/mol. The van der Waals surface area contributed by atoms with Crippen molar-refractivity contribution in [2.75, 3.05) is 7.11 Å². The Morgan fingerprint density at radius 3 is 1.19 bits per heavy atom. The molecule has 0 unspecified atom stereocenters. The molecule has 0 saturated carbocycles. The molecule has 0 radical (unpaired) electrons. The molecule has 190 valence electrons. The number of unbranched alkanes of at least 4 members (excludes halogenated alkanes) is 6. The first kappa shape index (κ1) is 32.8. The van der Waals surface area contributed by atoms with Crippen LogP contribution in [-0.4, -0.2) is 49.8 Å². The van der Waals surface area contributed by atoms with Gasteiger partial charge in [-0.3, -0.25) is 0 Å². The molecule has 0 aromatic heterocycles. The number of carbonyl (C=O) groups is 1. The quantitative estimate of drug-likeness (QED) is 0.0694. The summed E-state index contributed by atoms with van der Waals surface area (Å²) in [6.07, 6.45) is 15.6. The van der Waals surface area contributed by atoms with E-state index in [1.807, 2.05) is 0 Å². The van der Waals surface area contributed by atoms with Crippen LogP contribution in [-0.2, 0) is 9.53 Å². The molecule has 0 spiro atoms. The van der Waals surface area contributed by atoms with Gasteiger partial charge in [-0.25, -0.2) is 0 Å². The average Bonchev–Trinajstić information content (AvgIpc) is 2.82. The summed E-state index contributed by atoms with van der Waals surface area (Å²) in [5.41, 5.74) is 0. The van der Waals surface area contributed by atoms with Gasteiger partial charge in [0.05, 0.1) is 0 Å². The van der Waals surface area contributed by atoms with Crippen LogP contribution in [0.2, 0.25) is 26.6 Å². The van der Waals surface area contributed by atoms with Crippen molar-refractivity contribution in [3.05, 3.63) is 7.68 Å². The summed E-state index contributed by atoms with van der Waals surface area (Å²) in [6.45, 7) is 14.0. The fourth-order valence-corrected chi connectivity index (χ4v) is 47.3. The van der Waals surface area contributed by atoms with Crippen LogP contribution in [0.3, 0.4) is 0 Å². The van der Waals surface area contributed by atoms with E-state index in [0.717, 1.165) is 0 Å². The fourth-order valence-electron chi connectivity index (χ4n) is 5.35. The number of esters is 1. The van der Waals surface area contributed by atoms with Crippen molar-refractivity contribution in [1.82, 2.24) is 0 Å². The topological polar surface area (TPSA) is 26.3 Å². The first-order valence-corrected chi connectivity index (χ1v) is 29.4. The Morgan fingerprint density at radius 1 is 0.594 bits per heavy atom. The predicted molar refractivity (Wildman–Crippen MR) is 150 cm³/mol. The van der Waals surface area contributed by atoms with E-state index in [4.69, 9.17) is 4.74 Å². The second kappa shape index (κ2) is 20.0. The zero-order valence-corrected chi connectivity index (χ0v) is 28.8. The molecule has 4 heteroatoms. The van der Waals surface area contributed by atoms with Crippen LogP contribution >= 0.6 is 0 Å². The van der Waals surface area contributed by atoms with Gasteiger partial charge in [0.15, 0.2) is 0 Å². The third-order valence-electron chi connectivity index (χ3n) is 7.54. The molecule has 0 aromatic rings. The molecule has 32 heavy (non-hydrogen) atoms. The van der Waals surface area contributed by atoms with E-state index < -0.39 is 36.8 Å². The maximum atomic E-state index is 13.5. The van der Waals surface area contributed by atoms with Crippen LogP contribution in [0.1, 0.15) is 119 Å². The summed E-state index contributed by atoms with van der Waals surface area (Å²) < 4.78 is 18.2. The Labute approximate surface area is 210 Å². The van der Waals surface area contributed by atoms with Crippen molar-refractivity contribution in [2.45, 2.75) is 145 Å². The second-order valence-electron chi connectivity index (χ2n) is 10.3. The molecule has 2 nitrogen and oxygen atoms in total. The van der Waals surface area contributed by atoms with Gasteiger partial charge in [-0.2, -0.15) is 0 Å². The summed E-state index contributed by atoms with van der Waals surface area (Å²) in [6, 6.07) is 0. The molecule has 0 rings (SSSR count). The van der Waals surface area contributed by atoms with E-state index in [-0.39, 0.29) is 5.97 Å². The predicted octanol–water partition coefficient (Wildman–Crippen LogP) is 9.86. The van der Waals surface area contributed by atoms with Crippen molar-refractivity contribution >= 4 is 42.7 Å². The SMILES string of the molecule is CCC[CH2][Sn](/[CH]=[C](/C(=O)OC)[Sn]([CH2]CCC)([CH2]CCC)[CH2]CCC)([CH2]CCC)[CH2]CCC. The second-order valence-corrected chi connectivity index (χ2v) is 36.3. The molecule has 0 fully saturated rings. The van der Waals surface area contributed by atoms with E-state index in [0.29, 0.717) is 0 Å². The molecule has 0 heterocycles. The van der Waals surface area contributed by atoms with Gasteiger partial charge in [-0.05, 0) is 0 Å². The Morgan fingerprint density at radius 2 is 0.906 bits per heavy atom. The molecule has 0 bridgehead atoms. The Hall–Kier alpha value is 0.807. The molecular formula is C28H58O2Sn2. The summed E-state index contributed by atoms with van der Waals surface area (Å²) in [5, 5.41) is 0. The van der Waals surface area contributed by atoms with Gasteiger partial charge < -0.3 is 0 Å². The van der Waals surface area contributed by atoms with Crippen LogP contribution in [0.15, 0.2) is 7.68 Å². The molecule has 0 aliphatic carbocycles. The molecule has 0 aromatic carbocycles. The van der Waals surface area contributed by atoms with E-state index in [1.54, 1.807) is 7.11 Å². The minimum absolute atomic E-state index is 0.0923. The van der Waals surface area contributed by atoms with Gasteiger partial charge in [-0.15, -0.1) is 0 Å². The number of hydrogen-bond donors (Lipinski definition) is 0. The van der Waals surface area contributed by atoms with Gasteiger partial charge in [0.2, 0.25) is 0 Å². The van der Waals surface area contributed by atoms with Crippen LogP contribution < -0.4 is 0 Å².